The zero-order valence-corrected chi connectivity index (χ0v) is 10.9. The van der Waals surface area contributed by atoms with Crippen LogP contribution in [0.1, 0.15) is 24.5 Å². The Hall–Kier alpha value is -1.65. The number of fused-ring (bicyclic) bond motifs is 1. The number of halogens is 2. The summed E-state index contributed by atoms with van der Waals surface area (Å²) in [6, 6.07) is 5.55. The molecule has 3 nitrogen and oxygen atoms in total. The lowest BCUT2D eigenvalue weighted by atomic mass is 10.0. The third kappa shape index (κ3) is 3.03. The molecule has 0 aromatic heterocycles. The molecule has 1 atom stereocenters. The number of hydrogen-bond acceptors (Lipinski definition) is 3. The van der Waals surface area contributed by atoms with Gasteiger partial charge in [0.25, 0.3) is 0 Å². The van der Waals surface area contributed by atoms with Crippen LogP contribution in [-0.4, -0.2) is 24.6 Å². The molecule has 0 spiro atoms. The Balaban J connectivity index is 2.02. The number of alkyl halides is 2. The molecule has 5 heteroatoms. The molecule has 0 saturated heterocycles. The van der Waals surface area contributed by atoms with E-state index in [-0.39, 0.29) is 6.61 Å². The summed E-state index contributed by atoms with van der Waals surface area (Å²) in [5.74, 6) is -4.36. The van der Waals surface area contributed by atoms with E-state index in [1.807, 2.05) is 19.1 Å². The van der Waals surface area contributed by atoms with Crippen LogP contribution in [0.2, 0.25) is 0 Å². The van der Waals surface area contributed by atoms with E-state index in [4.69, 9.17) is 4.74 Å². The molecule has 1 unspecified atom stereocenters. The van der Waals surface area contributed by atoms with Crippen LogP contribution in [0.5, 0.6) is 5.75 Å². The molecule has 1 aliphatic heterocycles. The van der Waals surface area contributed by atoms with E-state index in [0.29, 0.717) is 12.2 Å². The molecule has 0 fully saturated rings. The van der Waals surface area contributed by atoms with Crippen LogP contribution < -0.4 is 4.74 Å². The predicted octanol–water partition coefficient (Wildman–Crippen LogP) is 2.89. The monoisotopic (exact) mass is 270 g/mol. The number of carbonyl (C=O) groups excluding carboxylic acids is 1. The first kappa shape index (κ1) is 13.8. The number of ether oxygens (including phenoxy) is 2. The Morgan fingerprint density at radius 2 is 2.26 bits per heavy atom. The molecule has 0 radical (unpaired) electrons. The minimum Gasteiger partial charge on any atom is -0.490 e. The quantitative estimate of drug-likeness (QED) is 0.789. The summed E-state index contributed by atoms with van der Waals surface area (Å²) in [4.78, 5) is 11.2. The maximum absolute atomic E-state index is 13.6. The van der Waals surface area contributed by atoms with Gasteiger partial charge in [0.1, 0.15) is 11.9 Å². The van der Waals surface area contributed by atoms with Crippen LogP contribution in [0.4, 0.5) is 8.78 Å². The highest BCUT2D eigenvalue weighted by atomic mass is 19.3. The van der Waals surface area contributed by atoms with Gasteiger partial charge in [0.15, 0.2) is 0 Å². The largest absolute Gasteiger partial charge is 0.490 e. The van der Waals surface area contributed by atoms with E-state index in [1.54, 1.807) is 6.07 Å². The Morgan fingerprint density at radius 3 is 2.95 bits per heavy atom. The van der Waals surface area contributed by atoms with Gasteiger partial charge in [-0.2, -0.15) is 8.78 Å². The highest BCUT2D eigenvalue weighted by Gasteiger charge is 2.44. The van der Waals surface area contributed by atoms with E-state index < -0.39 is 24.4 Å². The summed E-state index contributed by atoms with van der Waals surface area (Å²) >= 11 is 0. The molecule has 19 heavy (non-hydrogen) atoms. The molecule has 0 bridgehead atoms. The molecule has 0 N–H and O–H groups in total. The van der Waals surface area contributed by atoms with E-state index in [1.165, 1.54) is 6.92 Å². The maximum Gasteiger partial charge on any atom is 0.377 e. The third-order valence-electron chi connectivity index (χ3n) is 3.02. The molecule has 0 saturated carbocycles. The predicted molar refractivity (Wildman–Crippen MR) is 65.5 cm³/mol. The van der Waals surface area contributed by atoms with Crippen LogP contribution in [0, 0.1) is 6.92 Å². The molecule has 104 valence electrons. The first-order chi connectivity index (χ1) is 8.92. The Labute approximate surface area is 110 Å². The SMILES string of the molecule is CCOC(=O)C(F)(F)CC1Cc2cc(C)ccc2O1. The van der Waals surface area contributed by atoms with Gasteiger partial charge in [-0.05, 0) is 25.5 Å². The lowest BCUT2D eigenvalue weighted by Gasteiger charge is -2.18. The van der Waals surface area contributed by atoms with Gasteiger partial charge in [0, 0.05) is 6.42 Å². The number of hydrogen-bond donors (Lipinski definition) is 0. The number of aryl methyl sites for hydroxylation is 1. The van der Waals surface area contributed by atoms with E-state index in [9.17, 15) is 13.6 Å². The lowest BCUT2D eigenvalue weighted by molar-refractivity contribution is -0.174. The Morgan fingerprint density at radius 1 is 1.53 bits per heavy atom. The van der Waals surface area contributed by atoms with Crippen molar-refractivity contribution in [2.45, 2.75) is 38.7 Å². The topological polar surface area (TPSA) is 35.5 Å². The fourth-order valence-corrected chi connectivity index (χ4v) is 2.17. The summed E-state index contributed by atoms with van der Waals surface area (Å²) in [5.41, 5.74) is 1.96. The molecule has 0 aliphatic carbocycles. The number of esters is 1. The minimum atomic E-state index is -3.50. The maximum atomic E-state index is 13.6. The standard InChI is InChI=1S/C14H16F2O3/c1-3-18-13(17)14(15,16)8-11-7-10-6-9(2)4-5-12(10)19-11/h4-6,11H,3,7-8H2,1-2H3. The smallest absolute Gasteiger partial charge is 0.377 e. The van der Waals surface area contributed by atoms with Crippen LogP contribution >= 0.6 is 0 Å². The van der Waals surface area contributed by atoms with Crippen molar-refractivity contribution in [2.75, 3.05) is 6.61 Å². The summed E-state index contributed by atoms with van der Waals surface area (Å²) in [7, 11) is 0. The normalized spacial score (nSPS) is 17.8. The second-order valence-electron chi connectivity index (χ2n) is 4.68. The van der Waals surface area contributed by atoms with Gasteiger partial charge in [-0.25, -0.2) is 4.79 Å². The van der Waals surface area contributed by atoms with Crippen LogP contribution in [0.15, 0.2) is 18.2 Å². The van der Waals surface area contributed by atoms with Crippen LogP contribution in [-0.2, 0) is 16.0 Å². The second kappa shape index (κ2) is 5.15. The van der Waals surface area contributed by atoms with Gasteiger partial charge in [0.2, 0.25) is 0 Å². The lowest BCUT2D eigenvalue weighted by Crippen LogP contribution is -2.36. The Bertz CT molecular complexity index is 486. The van der Waals surface area contributed by atoms with Crippen molar-refractivity contribution >= 4 is 5.97 Å². The van der Waals surface area contributed by atoms with Crippen molar-refractivity contribution in [3.8, 4) is 5.75 Å². The number of benzene rings is 1. The zero-order chi connectivity index (χ0) is 14.0. The van der Waals surface area contributed by atoms with Crippen molar-refractivity contribution in [1.82, 2.24) is 0 Å². The summed E-state index contributed by atoms with van der Waals surface area (Å²) in [6.07, 6.45) is -0.942. The van der Waals surface area contributed by atoms with Gasteiger partial charge in [-0.1, -0.05) is 17.7 Å². The first-order valence-electron chi connectivity index (χ1n) is 6.23. The minimum absolute atomic E-state index is 0.0562. The molecule has 1 aromatic carbocycles. The van der Waals surface area contributed by atoms with Crippen molar-refractivity contribution < 1.29 is 23.0 Å². The fraction of sp³-hybridized carbons (Fsp3) is 0.500. The van der Waals surface area contributed by atoms with E-state index in [0.717, 1.165) is 11.1 Å². The molecule has 1 aliphatic rings. The number of rotatable bonds is 4. The van der Waals surface area contributed by atoms with Crippen LogP contribution in [0.3, 0.4) is 0 Å². The molecule has 1 aromatic rings. The second-order valence-corrected chi connectivity index (χ2v) is 4.68. The van der Waals surface area contributed by atoms with E-state index in [2.05, 4.69) is 4.74 Å². The molecule has 1 heterocycles. The molecule has 0 amide bonds. The van der Waals surface area contributed by atoms with Crippen molar-refractivity contribution in [1.29, 1.82) is 0 Å². The highest BCUT2D eigenvalue weighted by molar-refractivity contribution is 5.77. The summed E-state index contributed by atoms with van der Waals surface area (Å²) < 4.78 is 37.0. The van der Waals surface area contributed by atoms with Gasteiger partial charge in [0.05, 0.1) is 13.0 Å². The first-order valence-corrected chi connectivity index (χ1v) is 6.23. The average molecular weight is 270 g/mol. The van der Waals surface area contributed by atoms with Gasteiger partial charge < -0.3 is 9.47 Å². The zero-order valence-electron chi connectivity index (χ0n) is 10.9. The average Bonchev–Trinajstić information content (AvgIpc) is 2.69. The van der Waals surface area contributed by atoms with Gasteiger partial charge in [-0.3, -0.25) is 0 Å². The van der Waals surface area contributed by atoms with Crippen molar-refractivity contribution in [2.24, 2.45) is 0 Å². The summed E-state index contributed by atoms with van der Waals surface area (Å²) in [5, 5.41) is 0. The molecular weight excluding hydrogens is 254 g/mol. The third-order valence-corrected chi connectivity index (χ3v) is 3.02. The molecular formula is C14H16F2O3. The van der Waals surface area contributed by atoms with Gasteiger partial charge in [-0.15, -0.1) is 0 Å². The van der Waals surface area contributed by atoms with Gasteiger partial charge >= 0.3 is 11.9 Å². The fourth-order valence-electron chi connectivity index (χ4n) is 2.17. The number of carbonyl (C=O) groups is 1. The Kier molecular flexibility index (Phi) is 3.73. The van der Waals surface area contributed by atoms with Crippen LogP contribution in [0.25, 0.3) is 0 Å². The molecule has 2 rings (SSSR count). The van der Waals surface area contributed by atoms with Crippen molar-refractivity contribution in [3.63, 3.8) is 0 Å². The summed E-state index contributed by atoms with van der Waals surface area (Å²) in [6.45, 7) is 3.37. The van der Waals surface area contributed by atoms with Crippen molar-refractivity contribution in [3.05, 3.63) is 29.3 Å². The highest BCUT2D eigenvalue weighted by Crippen LogP contribution is 2.34. The van der Waals surface area contributed by atoms with E-state index >= 15 is 0 Å².